The Morgan fingerprint density at radius 1 is 1.06 bits per heavy atom. The van der Waals surface area contributed by atoms with Gasteiger partial charge in [-0.2, -0.15) is 0 Å². The van der Waals surface area contributed by atoms with E-state index in [9.17, 15) is 4.79 Å². The van der Waals surface area contributed by atoms with Gasteiger partial charge in [0.1, 0.15) is 0 Å². The molecule has 102 valence electrons. The molecular weight excluding hydrogens is 212 g/mol. The van der Waals surface area contributed by atoms with Gasteiger partial charge in [0.15, 0.2) is 0 Å². The third kappa shape index (κ3) is 11.7. The lowest BCUT2D eigenvalue weighted by Gasteiger charge is -2.08. The predicted molar refractivity (Wildman–Crippen MR) is 73.0 cm³/mol. The topological polar surface area (TPSA) is 26.3 Å². The van der Waals surface area contributed by atoms with E-state index < -0.39 is 0 Å². The minimum atomic E-state index is -0.0149. The van der Waals surface area contributed by atoms with Gasteiger partial charge in [0.05, 0.1) is 6.61 Å². The number of carbonyl (C=O) groups is 1. The molecule has 0 aliphatic carbocycles. The first-order valence-electron chi connectivity index (χ1n) is 7.36. The highest BCUT2D eigenvalue weighted by Gasteiger charge is 2.05. The van der Waals surface area contributed by atoms with Crippen molar-refractivity contribution in [3.05, 3.63) is 0 Å². The number of ether oxygens (including phenoxy) is 1. The molecule has 1 unspecified atom stereocenters. The molecule has 0 aromatic carbocycles. The van der Waals surface area contributed by atoms with Gasteiger partial charge in [-0.15, -0.1) is 0 Å². The Labute approximate surface area is 107 Å². The summed E-state index contributed by atoms with van der Waals surface area (Å²) in [4.78, 5) is 11.4. The predicted octanol–water partition coefficient (Wildman–Crippen LogP) is 4.72. The zero-order valence-corrected chi connectivity index (χ0v) is 12.0. The van der Waals surface area contributed by atoms with Gasteiger partial charge in [-0.3, -0.25) is 4.79 Å². The molecule has 0 aromatic rings. The number of esters is 1. The van der Waals surface area contributed by atoms with E-state index in [2.05, 4.69) is 20.8 Å². The minimum Gasteiger partial charge on any atom is -0.466 e. The van der Waals surface area contributed by atoms with Gasteiger partial charge in [-0.05, 0) is 18.8 Å². The van der Waals surface area contributed by atoms with Crippen molar-refractivity contribution in [1.82, 2.24) is 0 Å². The number of hydrogen-bond donors (Lipinski definition) is 0. The average molecular weight is 242 g/mol. The van der Waals surface area contributed by atoms with E-state index in [0.29, 0.717) is 18.9 Å². The highest BCUT2D eigenvalue weighted by Crippen LogP contribution is 2.10. The molecule has 0 fully saturated rings. The summed E-state index contributed by atoms with van der Waals surface area (Å²) in [5.74, 6) is 0.621. The van der Waals surface area contributed by atoms with Crippen LogP contribution in [-0.2, 0) is 9.53 Å². The monoisotopic (exact) mass is 242 g/mol. The van der Waals surface area contributed by atoms with Gasteiger partial charge in [0, 0.05) is 6.42 Å². The van der Waals surface area contributed by atoms with Crippen molar-refractivity contribution < 1.29 is 9.53 Å². The standard InChI is InChI=1S/C15H30O2/c1-4-6-7-8-9-10-13-17-15(16)12-11-14(3)5-2/h14H,4-13H2,1-3H3. The molecule has 0 spiro atoms. The third-order valence-corrected chi connectivity index (χ3v) is 3.30. The fourth-order valence-corrected chi connectivity index (χ4v) is 1.71. The van der Waals surface area contributed by atoms with Gasteiger partial charge in [0.2, 0.25) is 0 Å². The molecule has 0 amide bonds. The van der Waals surface area contributed by atoms with Gasteiger partial charge in [0.25, 0.3) is 0 Å². The molecule has 0 aliphatic rings. The summed E-state index contributed by atoms with van der Waals surface area (Å²) in [6.45, 7) is 7.18. The summed E-state index contributed by atoms with van der Waals surface area (Å²) in [6.07, 6.45) is 10.1. The quantitative estimate of drug-likeness (QED) is 0.387. The van der Waals surface area contributed by atoms with Gasteiger partial charge in [-0.25, -0.2) is 0 Å². The molecule has 0 N–H and O–H groups in total. The van der Waals surface area contributed by atoms with Crippen LogP contribution in [0.15, 0.2) is 0 Å². The van der Waals surface area contributed by atoms with Crippen LogP contribution in [0.4, 0.5) is 0 Å². The van der Waals surface area contributed by atoms with Gasteiger partial charge < -0.3 is 4.74 Å². The molecule has 17 heavy (non-hydrogen) atoms. The maximum atomic E-state index is 11.4. The van der Waals surface area contributed by atoms with Crippen LogP contribution in [0.3, 0.4) is 0 Å². The molecule has 0 radical (unpaired) electrons. The summed E-state index contributed by atoms with van der Waals surface area (Å²) in [6, 6.07) is 0. The van der Waals surface area contributed by atoms with Crippen molar-refractivity contribution in [3.63, 3.8) is 0 Å². The Kier molecular flexibility index (Phi) is 11.6. The van der Waals surface area contributed by atoms with Crippen LogP contribution in [0.5, 0.6) is 0 Å². The first-order valence-corrected chi connectivity index (χ1v) is 7.36. The minimum absolute atomic E-state index is 0.0149. The molecule has 0 heterocycles. The lowest BCUT2D eigenvalue weighted by molar-refractivity contribution is -0.144. The van der Waals surface area contributed by atoms with Crippen LogP contribution in [0.25, 0.3) is 0 Å². The molecule has 0 saturated heterocycles. The first-order chi connectivity index (χ1) is 8.20. The molecular formula is C15H30O2. The fourth-order valence-electron chi connectivity index (χ4n) is 1.71. The molecule has 0 aliphatic heterocycles. The summed E-state index contributed by atoms with van der Waals surface area (Å²) >= 11 is 0. The molecule has 0 aromatic heterocycles. The van der Waals surface area contributed by atoms with Crippen molar-refractivity contribution in [2.24, 2.45) is 5.92 Å². The smallest absolute Gasteiger partial charge is 0.305 e. The van der Waals surface area contributed by atoms with E-state index in [1.165, 1.54) is 32.1 Å². The van der Waals surface area contributed by atoms with Crippen molar-refractivity contribution in [2.45, 2.75) is 78.6 Å². The Balaban J connectivity index is 3.22. The number of unbranched alkanes of at least 4 members (excludes halogenated alkanes) is 5. The van der Waals surface area contributed by atoms with Crippen molar-refractivity contribution >= 4 is 5.97 Å². The molecule has 0 bridgehead atoms. The second kappa shape index (κ2) is 11.9. The molecule has 1 atom stereocenters. The summed E-state index contributed by atoms with van der Waals surface area (Å²) in [7, 11) is 0. The lowest BCUT2D eigenvalue weighted by atomic mass is 10.0. The van der Waals surface area contributed by atoms with Crippen molar-refractivity contribution in [3.8, 4) is 0 Å². The van der Waals surface area contributed by atoms with Gasteiger partial charge >= 0.3 is 5.97 Å². The van der Waals surface area contributed by atoms with Crippen LogP contribution in [-0.4, -0.2) is 12.6 Å². The second-order valence-electron chi connectivity index (χ2n) is 5.04. The Morgan fingerprint density at radius 3 is 2.35 bits per heavy atom. The van der Waals surface area contributed by atoms with E-state index in [-0.39, 0.29) is 5.97 Å². The van der Waals surface area contributed by atoms with E-state index in [1.807, 2.05) is 0 Å². The Hall–Kier alpha value is -0.530. The normalized spacial score (nSPS) is 12.4. The van der Waals surface area contributed by atoms with Crippen LogP contribution in [0.2, 0.25) is 0 Å². The van der Waals surface area contributed by atoms with Crippen LogP contribution < -0.4 is 0 Å². The summed E-state index contributed by atoms with van der Waals surface area (Å²) in [5, 5.41) is 0. The average Bonchev–Trinajstić information content (AvgIpc) is 2.34. The zero-order chi connectivity index (χ0) is 12.9. The molecule has 2 nitrogen and oxygen atoms in total. The van der Waals surface area contributed by atoms with Gasteiger partial charge in [-0.1, -0.05) is 59.3 Å². The number of rotatable bonds is 11. The van der Waals surface area contributed by atoms with E-state index in [1.54, 1.807) is 0 Å². The first kappa shape index (κ1) is 16.5. The van der Waals surface area contributed by atoms with E-state index >= 15 is 0 Å². The summed E-state index contributed by atoms with van der Waals surface area (Å²) < 4.78 is 5.20. The lowest BCUT2D eigenvalue weighted by Crippen LogP contribution is -2.07. The number of carbonyl (C=O) groups excluding carboxylic acids is 1. The third-order valence-electron chi connectivity index (χ3n) is 3.30. The second-order valence-corrected chi connectivity index (χ2v) is 5.04. The largest absolute Gasteiger partial charge is 0.466 e. The number of hydrogen-bond acceptors (Lipinski definition) is 2. The highest BCUT2D eigenvalue weighted by atomic mass is 16.5. The molecule has 0 rings (SSSR count). The Morgan fingerprint density at radius 2 is 1.71 bits per heavy atom. The zero-order valence-electron chi connectivity index (χ0n) is 12.0. The molecule has 0 saturated carbocycles. The van der Waals surface area contributed by atoms with Crippen LogP contribution in [0, 0.1) is 5.92 Å². The molecule has 2 heteroatoms. The van der Waals surface area contributed by atoms with Crippen LogP contribution >= 0.6 is 0 Å². The Bertz CT molecular complexity index is 178. The van der Waals surface area contributed by atoms with Crippen molar-refractivity contribution in [1.29, 1.82) is 0 Å². The van der Waals surface area contributed by atoms with E-state index in [4.69, 9.17) is 4.74 Å². The highest BCUT2D eigenvalue weighted by molar-refractivity contribution is 5.69. The van der Waals surface area contributed by atoms with E-state index in [0.717, 1.165) is 19.3 Å². The fraction of sp³-hybridized carbons (Fsp3) is 0.933. The maximum absolute atomic E-state index is 11.4. The van der Waals surface area contributed by atoms with Crippen molar-refractivity contribution in [2.75, 3.05) is 6.61 Å². The SMILES string of the molecule is CCCCCCCCOC(=O)CCC(C)CC. The van der Waals surface area contributed by atoms with Crippen LogP contribution in [0.1, 0.15) is 78.6 Å². The maximum Gasteiger partial charge on any atom is 0.305 e. The summed E-state index contributed by atoms with van der Waals surface area (Å²) in [5.41, 5.74) is 0.